The maximum Gasteiger partial charge on any atom is 0.419 e. The van der Waals surface area contributed by atoms with E-state index >= 15 is 0 Å². The van der Waals surface area contributed by atoms with Crippen molar-refractivity contribution in [1.82, 2.24) is 9.80 Å². The first-order chi connectivity index (χ1) is 10.3. The predicted octanol–water partition coefficient (Wildman–Crippen LogP) is 3.01. The molecular weight excluding hydrogens is 300 g/mol. The van der Waals surface area contributed by atoms with Gasteiger partial charge in [0, 0.05) is 25.2 Å². The summed E-state index contributed by atoms with van der Waals surface area (Å²) in [5, 5.41) is 0. The summed E-state index contributed by atoms with van der Waals surface area (Å²) in [7, 11) is 0. The van der Waals surface area contributed by atoms with Crippen LogP contribution in [0.2, 0.25) is 0 Å². The molecule has 1 saturated heterocycles. The molecule has 22 heavy (non-hydrogen) atoms. The van der Waals surface area contributed by atoms with Gasteiger partial charge in [-0.05, 0) is 37.7 Å². The molecule has 1 amide bonds. The molecular formula is C15H18F4N2O. The summed E-state index contributed by atoms with van der Waals surface area (Å²) in [5.41, 5.74) is -1.53. The number of carbonyl (C=O) groups excluding carboxylic acids is 1. The minimum atomic E-state index is -4.81. The van der Waals surface area contributed by atoms with Gasteiger partial charge in [-0.1, -0.05) is 6.92 Å². The summed E-state index contributed by atoms with van der Waals surface area (Å²) in [6.45, 7) is 5.40. The van der Waals surface area contributed by atoms with E-state index < -0.39 is 23.5 Å². The van der Waals surface area contributed by atoms with Gasteiger partial charge in [0.15, 0.2) is 0 Å². The molecule has 0 saturated carbocycles. The maximum atomic E-state index is 13.3. The molecule has 0 aliphatic carbocycles. The van der Waals surface area contributed by atoms with Crippen molar-refractivity contribution in [3.8, 4) is 0 Å². The van der Waals surface area contributed by atoms with Gasteiger partial charge in [0.05, 0.1) is 5.56 Å². The van der Waals surface area contributed by atoms with Crippen LogP contribution in [0.5, 0.6) is 0 Å². The lowest BCUT2D eigenvalue weighted by molar-refractivity contribution is -0.140. The molecule has 122 valence electrons. The van der Waals surface area contributed by atoms with E-state index in [-0.39, 0.29) is 5.56 Å². The number of likely N-dealkylation sites (N-methyl/N-ethyl adjacent to an activating group) is 1. The van der Waals surface area contributed by atoms with E-state index in [9.17, 15) is 22.4 Å². The Bertz CT molecular complexity index is 545. The zero-order chi connectivity index (χ0) is 16.3. The molecule has 1 aromatic carbocycles. The molecule has 0 spiro atoms. The Morgan fingerprint density at radius 1 is 1.18 bits per heavy atom. The lowest BCUT2D eigenvalue weighted by atomic mass is 10.1. The molecule has 0 unspecified atom stereocenters. The van der Waals surface area contributed by atoms with Gasteiger partial charge in [0.1, 0.15) is 5.82 Å². The van der Waals surface area contributed by atoms with Crippen molar-refractivity contribution < 1.29 is 22.4 Å². The molecule has 1 fully saturated rings. The van der Waals surface area contributed by atoms with Crippen LogP contribution in [0.25, 0.3) is 0 Å². The second-order valence-corrected chi connectivity index (χ2v) is 5.27. The smallest absolute Gasteiger partial charge is 0.337 e. The van der Waals surface area contributed by atoms with E-state index in [1.165, 1.54) is 4.90 Å². The van der Waals surface area contributed by atoms with Crippen molar-refractivity contribution in [1.29, 1.82) is 0 Å². The number of alkyl halides is 3. The van der Waals surface area contributed by atoms with Crippen molar-refractivity contribution >= 4 is 5.91 Å². The Morgan fingerprint density at radius 2 is 1.91 bits per heavy atom. The van der Waals surface area contributed by atoms with Gasteiger partial charge in [0.2, 0.25) is 0 Å². The lowest BCUT2D eigenvalue weighted by Crippen LogP contribution is -2.35. The topological polar surface area (TPSA) is 23.6 Å². The molecule has 7 heteroatoms. The number of halogens is 4. The molecule has 2 rings (SSSR count). The van der Waals surface area contributed by atoms with Crippen LogP contribution in [-0.4, -0.2) is 48.4 Å². The van der Waals surface area contributed by atoms with Crippen molar-refractivity contribution in [2.75, 3.05) is 32.7 Å². The normalized spacial score (nSPS) is 17.4. The minimum Gasteiger partial charge on any atom is -0.337 e. The van der Waals surface area contributed by atoms with Crippen LogP contribution in [0.15, 0.2) is 18.2 Å². The van der Waals surface area contributed by atoms with Crippen LogP contribution in [-0.2, 0) is 6.18 Å². The van der Waals surface area contributed by atoms with E-state index in [0.29, 0.717) is 31.8 Å². The van der Waals surface area contributed by atoms with Gasteiger partial charge in [-0.2, -0.15) is 13.2 Å². The predicted molar refractivity (Wildman–Crippen MR) is 74.0 cm³/mol. The summed E-state index contributed by atoms with van der Waals surface area (Å²) in [5.74, 6) is -1.85. The van der Waals surface area contributed by atoms with E-state index in [2.05, 4.69) is 4.90 Å². The van der Waals surface area contributed by atoms with Gasteiger partial charge < -0.3 is 9.80 Å². The van der Waals surface area contributed by atoms with Crippen LogP contribution in [0.3, 0.4) is 0 Å². The van der Waals surface area contributed by atoms with E-state index in [0.717, 1.165) is 25.6 Å². The summed E-state index contributed by atoms with van der Waals surface area (Å²) in [4.78, 5) is 16.1. The first kappa shape index (κ1) is 16.7. The molecule has 0 atom stereocenters. The van der Waals surface area contributed by atoms with E-state index in [4.69, 9.17) is 0 Å². The van der Waals surface area contributed by atoms with Crippen molar-refractivity contribution in [2.45, 2.75) is 19.5 Å². The van der Waals surface area contributed by atoms with Gasteiger partial charge in [-0.15, -0.1) is 0 Å². The highest BCUT2D eigenvalue weighted by Crippen LogP contribution is 2.32. The quantitative estimate of drug-likeness (QED) is 0.783. The Kier molecular flexibility index (Phi) is 5.05. The molecule has 1 aromatic rings. The highest BCUT2D eigenvalue weighted by Gasteiger charge is 2.35. The number of carbonyl (C=O) groups is 1. The maximum absolute atomic E-state index is 13.3. The zero-order valence-electron chi connectivity index (χ0n) is 12.3. The fraction of sp³-hybridized carbons (Fsp3) is 0.533. The fourth-order valence-corrected chi connectivity index (χ4v) is 2.55. The number of hydrogen-bond donors (Lipinski definition) is 0. The molecule has 0 bridgehead atoms. The second kappa shape index (κ2) is 6.64. The van der Waals surface area contributed by atoms with Crippen molar-refractivity contribution in [3.63, 3.8) is 0 Å². The SMILES string of the molecule is CCN1CCCN(C(=O)c2ccc(F)c(C(F)(F)F)c2)CC1. The molecule has 1 aliphatic heterocycles. The third-order valence-electron chi connectivity index (χ3n) is 3.84. The number of hydrogen-bond acceptors (Lipinski definition) is 2. The zero-order valence-corrected chi connectivity index (χ0v) is 12.3. The number of rotatable bonds is 2. The molecule has 0 N–H and O–H groups in total. The Hall–Kier alpha value is -1.63. The molecule has 0 aromatic heterocycles. The second-order valence-electron chi connectivity index (χ2n) is 5.27. The Labute approximate surface area is 126 Å². The van der Waals surface area contributed by atoms with Crippen LogP contribution in [0, 0.1) is 5.82 Å². The monoisotopic (exact) mass is 318 g/mol. The highest BCUT2D eigenvalue weighted by atomic mass is 19.4. The summed E-state index contributed by atoms with van der Waals surface area (Å²) >= 11 is 0. The van der Waals surface area contributed by atoms with Crippen LogP contribution < -0.4 is 0 Å². The van der Waals surface area contributed by atoms with Gasteiger partial charge in [0.25, 0.3) is 5.91 Å². The summed E-state index contributed by atoms with van der Waals surface area (Å²) < 4.78 is 51.5. The Morgan fingerprint density at radius 3 is 2.55 bits per heavy atom. The molecule has 0 radical (unpaired) electrons. The standard InChI is InChI=1S/C15H18F4N2O/c1-2-20-6-3-7-21(9-8-20)14(22)11-4-5-13(16)12(10-11)15(17,18)19/h4-5,10H,2-3,6-9H2,1H3. The van der Waals surface area contributed by atoms with Gasteiger partial charge in [-0.3, -0.25) is 4.79 Å². The summed E-state index contributed by atoms with van der Waals surface area (Å²) in [6, 6.07) is 2.40. The van der Waals surface area contributed by atoms with Gasteiger partial charge in [-0.25, -0.2) is 4.39 Å². The first-order valence-corrected chi connectivity index (χ1v) is 7.21. The summed E-state index contributed by atoms with van der Waals surface area (Å²) in [6.07, 6.45) is -4.04. The van der Waals surface area contributed by atoms with Crippen molar-refractivity contribution in [2.24, 2.45) is 0 Å². The average Bonchev–Trinajstić information content (AvgIpc) is 2.71. The third-order valence-corrected chi connectivity index (χ3v) is 3.84. The number of benzene rings is 1. The van der Waals surface area contributed by atoms with Crippen LogP contribution >= 0.6 is 0 Å². The fourth-order valence-electron chi connectivity index (χ4n) is 2.55. The Balaban J connectivity index is 2.19. The molecule has 3 nitrogen and oxygen atoms in total. The van der Waals surface area contributed by atoms with E-state index in [1.807, 2.05) is 6.92 Å². The van der Waals surface area contributed by atoms with E-state index in [1.54, 1.807) is 0 Å². The largest absolute Gasteiger partial charge is 0.419 e. The number of nitrogens with zero attached hydrogens (tertiary/aromatic N) is 2. The highest BCUT2D eigenvalue weighted by molar-refractivity contribution is 5.94. The average molecular weight is 318 g/mol. The van der Waals surface area contributed by atoms with Crippen molar-refractivity contribution in [3.05, 3.63) is 35.1 Å². The van der Waals surface area contributed by atoms with Crippen LogP contribution in [0.1, 0.15) is 29.3 Å². The number of amides is 1. The molecule has 1 aliphatic rings. The molecule has 1 heterocycles. The minimum absolute atomic E-state index is 0.126. The van der Waals surface area contributed by atoms with Crippen LogP contribution in [0.4, 0.5) is 17.6 Å². The lowest BCUT2D eigenvalue weighted by Gasteiger charge is -2.21. The van der Waals surface area contributed by atoms with Gasteiger partial charge >= 0.3 is 6.18 Å². The third kappa shape index (κ3) is 3.76. The first-order valence-electron chi connectivity index (χ1n) is 7.21.